The largest absolute Gasteiger partial charge is 0.496 e. The molecule has 2 aromatic rings. The third kappa shape index (κ3) is 3.17. The number of hydrogen-bond donors (Lipinski definition) is 1. The quantitative estimate of drug-likeness (QED) is 0.893. The van der Waals surface area contributed by atoms with E-state index in [1.54, 1.807) is 7.11 Å². The number of hydrogen-bond acceptors (Lipinski definition) is 2. The van der Waals surface area contributed by atoms with Crippen LogP contribution in [0.2, 0.25) is 0 Å². The molecule has 2 rings (SSSR count). The molecule has 0 heterocycles. The first kappa shape index (κ1) is 14.5. The van der Waals surface area contributed by atoms with Crippen molar-refractivity contribution in [3.63, 3.8) is 0 Å². The highest BCUT2D eigenvalue weighted by Gasteiger charge is 2.14. The van der Waals surface area contributed by atoms with E-state index in [4.69, 9.17) is 4.74 Å². The summed E-state index contributed by atoms with van der Waals surface area (Å²) in [5.74, 6) is 0.651. The Bertz CT molecular complexity index is 566. The van der Waals surface area contributed by atoms with Crippen LogP contribution < -0.4 is 10.1 Å². The van der Waals surface area contributed by atoms with Crippen LogP contribution >= 0.6 is 0 Å². The number of nitrogens with one attached hydrogen (secondary N) is 1. The number of rotatable bonds is 5. The summed E-state index contributed by atoms with van der Waals surface area (Å²) in [5.41, 5.74) is 3.26. The molecule has 0 aliphatic rings. The normalized spacial score (nSPS) is 12.2. The standard InChI is InChI=1S/C17H20FNO/c1-4-19-17(13-7-9-15(18)10-8-13)14-6-5-12(2)16(11-14)20-3/h5-11,17,19H,4H2,1-3H3. The lowest BCUT2D eigenvalue weighted by Crippen LogP contribution is -2.22. The molecule has 1 unspecified atom stereocenters. The van der Waals surface area contributed by atoms with E-state index in [1.165, 1.54) is 12.1 Å². The van der Waals surface area contributed by atoms with Gasteiger partial charge in [0.2, 0.25) is 0 Å². The Balaban J connectivity index is 2.39. The summed E-state index contributed by atoms with van der Waals surface area (Å²) in [7, 11) is 1.67. The van der Waals surface area contributed by atoms with Crippen molar-refractivity contribution < 1.29 is 9.13 Å². The highest BCUT2D eigenvalue weighted by Crippen LogP contribution is 2.27. The molecule has 0 aliphatic carbocycles. The number of halogens is 1. The second-order valence-corrected chi connectivity index (χ2v) is 4.77. The Morgan fingerprint density at radius 1 is 1.10 bits per heavy atom. The minimum Gasteiger partial charge on any atom is -0.496 e. The van der Waals surface area contributed by atoms with Gasteiger partial charge >= 0.3 is 0 Å². The molecular weight excluding hydrogens is 253 g/mol. The highest BCUT2D eigenvalue weighted by atomic mass is 19.1. The van der Waals surface area contributed by atoms with Crippen molar-refractivity contribution in [3.05, 3.63) is 65.0 Å². The maximum Gasteiger partial charge on any atom is 0.123 e. The fourth-order valence-electron chi connectivity index (χ4n) is 2.30. The van der Waals surface area contributed by atoms with Crippen molar-refractivity contribution in [2.75, 3.05) is 13.7 Å². The first-order chi connectivity index (χ1) is 9.65. The van der Waals surface area contributed by atoms with Crippen LogP contribution in [0.5, 0.6) is 5.75 Å². The van der Waals surface area contributed by atoms with Crippen LogP contribution in [0.25, 0.3) is 0 Å². The van der Waals surface area contributed by atoms with E-state index in [1.807, 2.05) is 31.2 Å². The SMILES string of the molecule is CCNC(c1ccc(F)cc1)c1ccc(C)c(OC)c1. The smallest absolute Gasteiger partial charge is 0.123 e. The van der Waals surface area contributed by atoms with Crippen molar-refractivity contribution in [2.45, 2.75) is 19.9 Å². The van der Waals surface area contributed by atoms with Crippen LogP contribution in [0.1, 0.15) is 29.7 Å². The maximum atomic E-state index is 13.1. The molecule has 0 aromatic heterocycles. The van der Waals surface area contributed by atoms with Crippen LogP contribution in [0, 0.1) is 12.7 Å². The minimum atomic E-state index is -0.217. The molecule has 0 bridgehead atoms. The topological polar surface area (TPSA) is 21.3 Å². The van der Waals surface area contributed by atoms with Gasteiger partial charge in [0.05, 0.1) is 13.2 Å². The Morgan fingerprint density at radius 2 is 1.75 bits per heavy atom. The summed E-state index contributed by atoms with van der Waals surface area (Å²) in [4.78, 5) is 0. The molecule has 20 heavy (non-hydrogen) atoms. The second-order valence-electron chi connectivity index (χ2n) is 4.77. The number of benzene rings is 2. The molecule has 106 valence electrons. The molecule has 2 nitrogen and oxygen atoms in total. The van der Waals surface area contributed by atoms with Crippen molar-refractivity contribution in [2.24, 2.45) is 0 Å². The van der Waals surface area contributed by atoms with Crippen molar-refractivity contribution in [3.8, 4) is 5.75 Å². The first-order valence-corrected chi connectivity index (χ1v) is 6.79. The summed E-state index contributed by atoms with van der Waals surface area (Å²) in [6, 6.07) is 12.8. The van der Waals surface area contributed by atoms with Gasteiger partial charge in [-0.05, 0) is 48.4 Å². The number of methoxy groups -OCH3 is 1. The Hall–Kier alpha value is -1.87. The monoisotopic (exact) mass is 273 g/mol. The first-order valence-electron chi connectivity index (χ1n) is 6.79. The third-order valence-electron chi connectivity index (χ3n) is 3.38. The van der Waals surface area contributed by atoms with Crippen molar-refractivity contribution in [1.29, 1.82) is 0 Å². The Labute approximate surface area is 119 Å². The van der Waals surface area contributed by atoms with Crippen LogP contribution in [0.15, 0.2) is 42.5 Å². The third-order valence-corrected chi connectivity index (χ3v) is 3.38. The van der Waals surface area contributed by atoms with Crippen LogP contribution in [-0.4, -0.2) is 13.7 Å². The van der Waals surface area contributed by atoms with Crippen molar-refractivity contribution in [1.82, 2.24) is 5.32 Å². The summed E-state index contributed by atoms with van der Waals surface area (Å²) in [6.45, 7) is 4.91. The summed E-state index contributed by atoms with van der Waals surface area (Å²) >= 11 is 0. The highest BCUT2D eigenvalue weighted by molar-refractivity contribution is 5.41. The van der Waals surface area contributed by atoms with Gasteiger partial charge in [-0.1, -0.05) is 31.2 Å². The van der Waals surface area contributed by atoms with E-state index in [0.717, 1.165) is 29.0 Å². The van der Waals surface area contributed by atoms with E-state index in [0.29, 0.717) is 0 Å². The predicted molar refractivity (Wildman–Crippen MR) is 79.7 cm³/mol. The summed E-state index contributed by atoms with van der Waals surface area (Å²) in [5, 5.41) is 3.43. The molecule has 0 amide bonds. The molecule has 2 aromatic carbocycles. The van der Waals surface area contributed by atoms with Gasteiger partial charge < -0.3 is 10.1 Å². The lowest BCUT2D eigenvalue weighted by Gasteiger charge is -2.20. The van der Waals surface area contributed by atoms with Crippen LogP contribution in [-0.2, 0) is 0 Å². The zero-order chi connectivity index (χ0) is 14.5. The molecule has 0 saturated carbocycles. The van der Waals surface area contributed by atoms with Crippen LogP contribution in [0.4, 0.5) is 4.39 Å². The molecule has 0 saturated heterocycles. The number of ether oxygens (including phenoxy) is 1. The van der Waals surface area contributed by atoms with Gasteiger partial charge in [0, 0.05) is 0 Å². The summed E-state index contributed by atoms with van der Waals surface area (Å²) < 4.78 is 18.5. The van der Waals surface area contributed by atoms with E-state index in [2.05, 4.69) is 18.3 Å². The average molecular weight is 273 g/mol. The van der Waals surface area contributed by atoms with Gasteiger partial charge in [-0.25, -0.2) is 4.39 Å². The second kappa shape index (κ2) is 6.53. The van der Waals surface area contributed by atoms with E-state index >= 15 is 0 Å². The van der Waals surface area contributed by atoms with Gasteiger partial charge in [-0.2, -0.15) is 0 Å². The molecule has 0 radical (unpaired) electrons. The lowest BCUT2D eigenvalue weighted by molar-refractivity contribution is 0.410. The Kier molecular flexibility index (Phi) is 4.74. The van der Waals surface area contributed by atoms with E-state index < -0.39 is 0 Å². The van der Waals surface area contributed by atoms with Gasteiger partial charge in [-0.15, -0.1) is 0 Å². The Morgan fingerprint density at radius 3 is 2.35 bits per heavy atom. The molecule has 3 heteroatoms. The molecule has 1 N–H and O–H groups in total. The van der Waals surface area contributed by atoms with E-state index in [-0.39, 0.29) is 11.9 Å². The van der Waals surface area contributed by atoms with Crippen molar-refractivity contribution >= 4 is 0 Å². The lowest BCUT2D eigenvalue weighted by atomic mass is 9.97. The molecule has 1 atom stereocenters. The predicted octanol–water partition coefficient (Wildman–Crippen LogP) is 3.84. The maximum absolute atomic E-state index is 13.1. The van der Waals surface area contributed by atoms with E-state index in [9.17, 15) is 4.39 Å². The number of aryl methyl sites for hydroxylation is 1. The van der Waals surface area contributed by atoms with Gasteiger partial charge in [0.25, 0.3) is 0 Å². The summed E-state index contributed by atoms with van der Waals surface area (Å²) in [6.07, 6.45) is 0. The fourth-order valence-corrected chi connectivity index (χ4v) is 2.30. The van der Waals surface area contributed by atoms with Gasteiger partial charge in [0.1, 0.15) is 11.6 Å². The zero-order valence-corrected chi connectivity index (χ0v) is 12.1. The molecular formula is C17H20FNO. The van der Waals surface area contributed by atoms with Crippen LogP contribution in [0.3, 0.4) is 0 Å². The molecule has 0 fully saturated rings. The van der Waals surface area contributed by atoms with Gasteiger partial charge in [-0.3, -0.25) is 0 Å². The zero-order valence-electron chi connectivity index (χ0n) is 12.1. The van der Waals surface area contributed by atoms with Gasteiger partial charge in [0.15, 0.2) is 0 Å². The fraction of sp³-hybridized carbons (Fsp3) is 0.294. The average Bonchev–Trinajstić information content (AvgIpc) is 2.47. The molecule has 0 spiro atoms. The molecule has 0 aliphatic heterocycles. The minimum absolute atomic E-state index is 0.0371.